The summed E-state index contributed by atoms with van der Waals surface area (Å²) < 4.78 is 1.99. The van der Waals surface area contributed by atoms with Crippen molar-refractivity contribution in [2.45, 2.75) is 46.1 Å². The molecular formula is C17H28N4O. The fourth-order valence-corrected chi connectivity index (χ4v) is 4.03. The highest BCUT2D eigenvalue weighted by Crippen LogP contribution is 2.27. The standard InChI is InChI=1S/C17H28N4O/c1-12-8-13(2)21(19-12)14(3)9-17(22)20-6-4-15-10-18-11-16(15)5-7-20/h8,14-16,18H,4-7,9-11H2,1-3H3/t14?,15-,16+. The minimum absolute atomic E-state index is 0.130. The summed E-state index contributed by atoms with van der Waals surface area (Å²) in [4.78, 5) is 14.7. The van der Waals surface area contributed by atoms with Crippen LogP contribution in [0.15, 0.2) is 6.07 Å². The van der Waals surface area contributed by atoms with E-state index in [4.69, 9.17) is 0 Å². The van der Waals surface area contributed by atoms with Crippen molar-refractivity contribution in [3.8, 4) is 0 Å². The summed E-state index contributed by atoms with van der Waals surface area (Å²) in [7, 11) is 0. The summed E-state index contributed by atoms with van der Waals surface area (Å²) >= 11 is 0. The Balaban J connectivity index is 1.58. The Morgan fingerprint density at radius 1 is 1.32 bits per heavy atom. The molecule has 1 unspecified atom stereocenters. The number of nitrogens with zero attached hydrogens (tertiary/aromatic N) is 3. The molecule has 0 aliphatic carbocycles. The predicted octanol–water partition coefficient (Wildman–Crippen LogP) is 1.91. The number of carbonyl (C=O) groups excluding carboxylic acids is 1. The van der Waals surface area contributed by atoms with Gasteiger partial charge in [0, 0.05) is 25.2 Å². The van der Waals surface area contributed by atoms with Gasteiger partial charge in [0.05, 0.1) is 11.7 Å². The highest BCUT2D eigenvalue weighted by Gasteiger charge is 2.31. The average molecular weight is 304 g/mol. The van der Waals surface area contributed by atoms with Crippen LogP contribution in [0.25, 0.3) is 0 Å². The van der Waals surface area contributed by atoms with Gasteiger partial charge in [-0.05, 0) is 64.6 Å². The molecular weight excluding hydrogens is 276 g/mol. The first-order chi connectivity index (χ1) is 10.5. The van der Waals surface area contributed by atoms with E-state index in [9.17, 15) is 4.79 Å². The molecule has 2 aliphatic heterocycles. The molecule has 1 aromatic rings. The Labute approximate surface area is 133 Å². The van der Waals surface area contributed by atoms with Gasteiger partial charge in [-0.25, -0.2) is 0 Å². The number of amides is 1. The molecule has 3 atom stereocenters. The van der Waals surface area contributed by atoms with Gasteiger partial charge in [0.2, 0.25) is 5.91 Å². The fourth-order valence-electron chi connectivity index (χ4n) is 4.03. The Morgan fingerprint density at radius 3 is 2.50 bits per heavy atom. The fraction of sp³-hybridized carbons (Fsp3) is 0.765. The third-order valence-corrected chi connectivity index (χ3v) is 5.30. The summed E-state index contributed by atoms with van der Waals surface area (Å²) in [6.07, 6.45) is 2.85. The Morgan fingerprint density at radius 2 is 1.95 bits per heavy atom. The van der Waals surface area contributed by atoms with Crippen molar-refractivity contribution in [1.29, 1.82) is 0 Å². The zero-order chi connectivity index (χ0) is 15.7. The van der Waals surface area contributed by atoms with Crippen LogP contribution in [0.3, 0.4) is 0 Å². The smallest absolute Gasteiger partial charge is 0.224 e. The van der Waals surface area contributed by atoms with E-state index in [1.165, 1.54) is 0 Å². The molecule has 5 nitrogen and oxygen atoms in total. The van der Waals surface area contributed by atoms with Crippen LogP contribution in [-0.4, -0.2) is 46.8 Å². The van der Waals surface area contributed by atoms with Crippen LogP contribution in [0.2, 0.25) is 0 Å². The zero-order valence-electron chi connectivity index (χ0n) is 14.0. The molecule has 1 aromatic heterocycles. The molecule has 122 valence electrons. The van der Waals surface area contributed by atoms with Crippen LogP contribution < -0.4 is 5.32 Å². The van der Waals surface area contributed by atoms with Crippen LogP contribution in [0.1, 0.15) is 43.6 Å². The molecule has 0 spiro atoms. The Hall–Kier alpha value is -1.36. The molecule has 3 heterocycles. The van der Waals surface area contributed by atoms with Crippen LogP contribution in [-0.2, 0) is 4.79 Å². The number of hydrogen-bond donors (Lipinski definition) is 1. The highest BCUT2D eigenvalue weighted by atomic mass is 16.2. The lowest BCUT2D eigenvalue weighted by Crippen LogP contribution is -2.34. The number of aryl methyl sites for hydroxylation is 2. The van der Waals surface area contributed by atoms with Gasteiger partial charge >= 0.3 is 0 Å². The van der Waals surface area contributed by atoms with Gasteiger partial charge in [-0.2, -0.15) is 5.10 Å². The molecule has 2 fully saturated rings. The summed E-state index contributed by atoms with van der Waals surface area (Å²) in [6.45, 7) is 10.3. The molecule has 0 saturated carbocycles. The number of nitrogens with one attached hydrogen (secondary N) is 1. The molecule has 1 amide bonds. The largest absolute Gasteiger partial charge is 0.343 e. The average Bonchev–Trinajstić information content (AvgIpc) is 2.99. The number of fused-ring (bicyclic) bond motifs is 1. The van der Waals surface area contributed by atoms with Crippen LogP contribution in [0, 0.1) is 25.7 Å². The second-order valence-corrected chi connectivity index (χ2v) is 7.06. The van der Waals surface area contributed by atoms with Gasteiger partial charge in [-0.1, -0.05) is 0 Å². The van der Waals surface area contributed by atoms with Gasteiger partial charge in [-0.15, -0.1) is 0 Å². The van der Waals surface area contributed by atoms with Crippen molar-refractivity contribution < 1.29 is 4.79 Å². The van der Waals surface area contributed by atoms with E-state index in [1.54, 1.807) is 0 Å². The van der Waals surface area contributed by atoms with E-state index in [-0.39, 0.29) is 11.9 Å². The molecule has 2 saturated heterocycles. The van der Waals surface area contributed by atoms with Gasteiger partial charge in [0.1, 0.15) is 0 Å². The van der Waals surface area contributed by atoms with E-state index in [2.05, 4.69) is 35.2 Å². The highest BCUT2D eigenvalue weighted by molar-refractivity contribution is 5.76. The number of likely N-dealkylation sites (tertiary alicyclic amines) is 1. The van der Waals surface area contributed by atoms with E-state index in [1.807, 2.05) is 11.6 Å². The lowest BCUT2D eigenvalue weighted by atomic mass is 9.92. The topological polar surface area (TPSA) is 50.2 Å². The van der Waals surface area contributed by atoms with Crippen molar-refractivity contribution in [2.24, 2.45) is 11.8 Å². The first kappa shape index (κ1) is 15.5. The van der Waals surface area contributed by atoms with Crippen molar-refractivity contribution in [2.75, 3.05) is 26.2 Å². The third kappa shape index (κ3) is 3.19. The zero-order valence-corrected chi connectivity index (χ0v) is 14.0. The number of rotatable bonds is 3. The van der Waals surface area contributed by atoms with Crippen molar-refractivity contribution in [3.63, 3.8) is 0 Å². The van der Waals surface area contributed by atoms with E-state index >= 15 is 0 Å². The van der Waals surface area contributed by atoms with Gasteiger partial charge in [0.15, 0.2) is 0 Å². The summed E-state index contributed by atoms with van der Waals surface area (Å²) in [5, 5.41) is 7.99. The normalized spacial score (nSPS) is 26.6. The quantitative estimate of drug-likeness (QED) is 0.928. The Kier molecular flexibility index (Phi) is 4.52. The molecule has 0 aromatic carbocycles. The lowest BCUT2D eigenvalue weighted by molar-refractivity contribution is -0.132. The van der Waals surface area contributed by atoms with Crippen LogP contribution >= 0.6 is 0 Å². The lowest BCUT2D eigenvalue weighted by Gasteiger charge is -2.23. The van der Waals surface area contributed by atoms with Gasteiger partial charge in [-0.3, -0.25) is 9.48 Å². The van der Waals surface area contributed by atoms with Crippen molar-refractivity contribution >= 4 is 5.91 Å². The Bertz CT molecular complexity index is 525. The predicted molar refractivity (Wildman–Crippen MR) is 86.7 cm³/mol. The van der Waals surface area contributed by atoms with E-state index in [0.717, 1.165) is 62.2 Å². The maximum atomic E-state index is 12.6. The molecule has 1 N–H and O–H groups in total. The first-order valence-corrected chi connectivity index (χ1v) is 8.56. The number of hydrogen-bond acceptors (Lipinski definition) is 3. The van der Waals surface area contributed by atoms with E-state index < -0.39 is 0 Å². The molecule has 0 bridgehead atoms. The summed E-state index contributed by atoms with van der Waals surface area (Å²) in [5.41, 5.74) is 2.15. The van der Waals surface area contributed by atoms with Crippen LogP contribution in [0.5, 0.6) is 0 Å². The van der Waals surface area contributed by atoms with Crippen LogP contribution in [0.4, 0.5) is 0 Å². The van der Waals surface area contributed by atoms with Gasteiger partial charge < -0.3 is 10.2 Å². The molecule has 22 heavy (non-hydrogen) atoms. The van der Waals surface area contributed by atoms with Crippen molar-refractivity contribution in [1.82, 2.24) is 20.0 Å². The minimum Gasteiger partial charge on any atom is -0.343 e. The third-order valence-electron chi connectivity index (χ3n) is 5.30. The summed E-state index contributed by atoms with van der Waals surface area (Å²) in [5.74, 6) is 1.82. The number of aromatic nitrogens is 2. The van der Waals surface area contributed by atoms with Gasteiger partial charge in [0.25, 0.3) is 0 Å². The SMILES string of the molecule is Cc1cc(C)n(C(C)CC(=O)N2CC[C@@H]3CNC[C@@H]3CC2)n1. The molecule has 5 heteroatoms. The maximum absolute atomic E-state index is 12.6. The number of carbonyl (C=O) groups is 1. The summed E-state index contributed by atoms with van der Waals surface area (Å²) in [6, 6.07) is 2.20. The second kappa shape index (κ2) is 6.41. The molecule has 3 rings (SSSR count). The van der Waals surface area contributed by atoms with E-state index in [0.29, 0.717) is 6.42 Å². The molecule has 0 radical (unpaired) electrons. The first-order valence-electron chi connectivity index (χ1n) is 8.56. The monoisotopic (exact) mass is 304 g/mol. The second-order valence-electron chi connectivity index (χ2n) is 7.06. The maximum Gasteiger partial charge on any atom is 0.224 e. The molecule has 2 aliphatic rings. The van der Waals surface area contributed by atoms with Crippen molar-refractivity contribution in [3.05, 3.63) is 17.5 Å². The minimum atomic E-state index is 0.130.